The van der Waals surface area contributed by atoms with E-state index in [0.717, 1.165) is 22.7 Å². The minimum absolute atomic E-state index is 0.108. The second-order valence-corrected chi connectivity index (χ2v) is 4.69. The SMILES string of the molecule is O=C([O-])c1cc2sc(C(=O)[O-])cc2s1. The Morgan fingerprint density at radius 3 is 1.57 bits per heavy atom. The van der Waals surface area contributed by atoms with Gasteiger partial charge in [0.2, 0.25) is 0 Å². The molecular formula is C8H2O4S2-2. The third kappa shape index (κ3) is 1.38. The predicted molar refractivity (Wildman–Crippen MR) is 48.4 cm³/mol. The minimum Gasteiger partial charge on any atom is -0.544 e. The maximum atomic E-state index is 10.5. The van der Waals surface area contributed by atoms with E-state index >= 15 is 0 Å². The van der Waals surface area contributed by atoms with Crippen LogP contribution in [0.15, 0.2) is 12.1 Å². The van der Waals surface area contributed by atoms with Crippen molar-refractivity contribution in [2.45, 2.75) is 0 Å². The van der Waals surface area contributed by atoms with E-state index in [-0.39, 0.29) is 9.75 Å². The van der Waals surface area contributed by atoms with Gasteiger partial charge in [0.25, 0.3) is 0 Å². The highest BCUT2D eigenvalue weighted by molar-refractivity contribution is 7.29. The van der Waals surface area contributed by atoms with Crippen LogP contribution in [0.2, 0.25) is 0 Å². The van der Waals surface area contributed by atoms with Crippen molar-refractivity contribution >= 4 is 44.0 Å². The van der Waals surface area contributed by atoms with Crippen molar-refractivity contribution in [1.29, 1.82) is 0 Å². The molecule has 2 heterocycles. The molecule has 0 saturated carbocycles. The average molecular weight is 226 g/mol. The zero-order valence-electron chi connectivity index (χ0n) is 6.60. The zero-order chi connectivity index (χ0) is 10.3. The first-order valence-corrected chi connectivity index (χ1v) is 5.17. The Labute approximate surface area is 86.0 Å². The molecule has 2 rings (SSSR count). The summed E-state index contributed by atoms with van der Waals surface area (Å²) in [7, 11) is 0. The van der Waals surface area contributed by atoms with Crippen LogP contribution in [0.5, 0.6) is 0 Å². The van der Waals surface area contributed by atoms with Crippen LogP contribution in [0.25, 0.3) is 9.40 Å². The lowest BCUT2D eigenvalue weighted by Gasteiger charge is -1.95. The van der Waals surface area contributed by atoms with E-state index in [9.17, 15) is 19.8 Å². The highest BCUT2D eigenvalue weighted by Gasteiger charge is 2.07. The molecule has 0 saturated heterocycles. The molecule has 4 nitrogen and oxygen atoms in total. The van der Waals surface area contributed by atoms with Crippen molar-refractivity contribution in [2.75, 3.05) is 0 Å². The molecule has 0 aliphatic heterocycles. The van der Waals surface area contributed by atoms with E-state index in [4.69, 9.17) is 0 Å². The Hall–Kier alpha value is -1.40. The van der Waals surface area contributed by atoms with Gasteiger partial charge in [-0.2, -0.15) is 0 Å². The lowest BCUT2D eigenvalue weighted by Crippen LogP contribution is -2.21. The Morgan fingerprint density at radius 2 is 1.29 bits per heavy atom. The second-order valence-electron chi connectivity index (χ2n) is 2.52. The maximum absolute atomic E-state index is 10.5. The minimum atomic E-state index is -1.24. The van der Waals surface area contributed by atoms with Crippen molar-refractivity contribution in [3.63, 3.8) is 0 Å². The number of carbonyl (C=O) groups is 2. The second kappa shape index (κ2) is 3.07. The summed E-state index contributed by atoms with van der Waals surface area (Å²) in [6.45, 7) is 0. The molecule has 0 unspecified atom stereocenters. The first kappa shape index (κ1) is 9.17. The van der Waals surface area contributed by atoms with Crippen molar-refractivity contribution in [3.05, 3.63) is 21.9 Å². The molecule has 0 fully saturated rings. The van der Waals surface area contributed by atoms with E-state index in [2.05, 4.69) is 0 Å². The lowest BCUT2D eigenvalue weighted by molar-refractivity contribution is -0.255. The van der Waals surface area contributed by atoms with Gasteiger partial charge in [0.1, 0.15) is 0 Å². The number of hydrogen-bond acceptors (Lipinski definition) is 6. The van der Waals surface area contributed by atoms with Gasteiger partial charge in [0.15, 0.2) is 0 Å². The van der Waals surface area contributed by atoms with Gasteiger partial charge in [-0.1, -0.05) is 0 Å². The summed E-state index contributed by atoms with van der Waals surface area (Å²) < 4.78 is 1.27. The highest BCUT2D eigenvalue weighted by atomic mass is 32.1. The summed E-state index contributed by atoms with van der Waals surface area (Å²) in [6, 6.07) is 2.82. The normalized spacial score (nSPS) is 10.6. The van der Waals surface area contributed by atoms with Crippen LogP contribution in [0.4, 0.5) is 0 Å². The fourth-order valence-corrected chi connectivity index (χ4v) is 3.10. The smallest absolute Gasteiger partial charge is 0.0815 e. The van der Waals surface area contributed by atoms with Gasteiger partial charge >= 0.3 is 0 Å². The molecule has 0 atom stereocenters. The number of carbonyl (C=O) groups excluding carboxylic acids is 2. The third-order valence-electron chi connectivity index (χ3n) is 1.61. The first-order chi connectivity index (χ1) is 6.58. The quantitative estimate of drug-likeness (QED) is 0.703. The number of carboxylic acids is 2. The number of hydrogen-bond donors (Lipinski definition) is 0. The van der Waals surface area contributed by atoms with Crippen LogP contribution < -0.4 is 10.2 Å². The van der Waals surface area contributed by atoms with E-state index in [1.807, 2.05) is 0 Å². The summed E-state index contributed by atoms with van der Waals surface area (Å²) in [5.74, 6) is -2.48. The molecule has 0 bridgehead atoms. The number of carboxylic acid groups (broad SMARTS) is 2. The van der Waals surface area contributed by atoms with Crippen molar-refractivity contribution in [1.82, 2.24) is 0 Å². The molecule has 6 heteroatoms. The van der Waals surface area contributed by atoms with Gasteiger partial charge in [-0.15, -0.1) is 22.7 Å². The fourth-order valence-electron chi connectivity index (χ4n) is 1.04. The molecule has 0 aromatic carbocycles. The van der Waals surface area contributed by atoms with Crippen LogP contribution in [-0.4, -0.2) is 11.9 Å². The van der Waals surface area contributed by atoms with Crippen LogP contribution in [0, 0.1) is 0 Å². The largest absolute Gasteiger partial charge is 0.544 e. The van der Waals surface area contributed by atoms with Crippen molar-refractivity contribution in [2.24, 2.45) is 0 Å². The van der Waals surface area contributed by atoms with Crippen LogP contribution >= 0.6 is 22.7 Å². The summed E-state index contributed by atoms with van der Waals surface area (Å²) in [5, 5.41) is 20.9. The average Bonchev–Trinajstić information content (AvgIpc) is 2.57. The third-order valence-corrected chi connectivity index (χ3v) is 3.86. The van der Waals surface area contributed by atoms with Crippen LogP contribution in [-0.2, 0) is 0 Å². The van der Waals surface area contributed by atoms with E-state index in [1.165, 1.54) is 12.1 Å². The Kier molecular flexibility index (Phi) is 2.01. The summed E-state index contributed by atoms with van der Waals surface area (Å²) >= 11 is 2.00. The van der Waals surface area contributed by atoms with Gasteiger partial charge in [-0.05, 0) is 12.1 Å². The number of fused-ring (bicyclic) bond motifs is 1. The molecule has 0 amide bonds. The number of rotatable bonds is 2. The van der Waals surface area contributed by atoms with E-state index < -0.39 is 11.9 Å². The molecule has 14 heavy (non-hydrogen) atoms. The maximum Gasteiger partial charge on any atom is 0.0815 e. The molecule has 0 aliphatic rings. The Balaban J connectivity index is 2.56. The molecule has 2 aromatic rings. The molecule has 72 valence electrons. The Morgan fingerprint density at radius 1 is 0.929 bits per heavy atom. The van der Waals surface area contributed by atoms with Gasteiger partial charge in [-0.3, -0.25) is 0 Å². The predicted octanol–water partition coefficient (Wildman–Crippen LogP) is -0.310. The number of thiophene rings is 2. The van der Waals surface area contributed by atoms with E-state index in [0.29, 0.717) is 9.40 Å². The summed E-state index contributed by atoms with van der Waals surface area (Å²) in [4.78, 5) is 21.1. The summed E-state index contributed by atoms with van der Waals surface area (Å²) in [6.07, 6.45) is 0. The van der Waals surface area contributed by atoms with Crippen molar-refractivity contribution in [3.8, 4) is 0 Å². The number of aromatic carboxylic acids is 2. The molecule has 0 spiro atoms. The van der Waals surface area contributed by atoms with Crippen LogP contribution in [0.3, 0.4) is 0 Å². The highest BCUT2D eigenvalue weighted by Crippen LogP contribution is 2.32. The summed E-state index contributed by atoms with van der Waals surface area (Å²) in [5.41, 5.74) is 0. The molecular weight excluding hydrogens is 224 g/mol. The van der Waals surface area contributed by atoms with Crippen LogP contribution in [0.1, 0.15) is 19.3 Å². The first-order valence-electron chi connectivity index (χ1n) is 3.54. The zero-order valence-corrected chi connectivity index (χ0v) is 8.24. The standard InChI is InChI=1S/C8H4O4S2/c9-7(10)5-1-3-4(14-5)2-6(13-3)8(11)12/h1-2H,(H,9,10)(H,11,12)/p-2. The molecule has 0 radical (unpaired) electrons. The topological polar surface area (TPSA) is 80.3 Å². The fraction of sp³-hybridized carbons (Fsp3) is 0. The van der Waals surface area contributed by atoms with Gasteiger partial charge in [0.05, 0.1) is 21.7 Å². The monoisotopic (exact) mass is 226 g/mol. The molecule has 0 N–H and O–H groups in total. The van der Waals surface area contributed by atoms with Gasteiger partial charge < -0.3 is 19.8 Å². The molecule has 0 aliphatic carbocycles. The lowest BCUT2D eigenvalue weighted by atomic mass is 10.4. The van der Waals surface area contributed by atoms with Gasteiger partial charge in [-0.25, -0.2) is 0 Å². The molecule has 2 aromatic heterocycles. The Bertz CT molecular complexity index is 447. The van der Waals surface area contributed by atoms with Crippen molar-refractivity contribution < 1.29 is 19.8 Å². The van der Waals surface area contributed by atoms with Gasteiger partial charge in [0, 0.05) is 9.40 Å². The van der Waals surface area contributed by atoms with E-state index in [1.54, 1.807) is 0 Å².